The third kappa shape index (κ3) is 3.40. The van der Waals surface area contributed by atoms with E-state index in [0.29, 0.717) is 0 Å². The molecule has 1 aliphatic carbocycles. The van der Waals surface area contributed by atoms with Crippen LogP contribution >= 0.6 is 0 Å². The van der Waals surface area contributed by atoms with Crippen molar-refractivity contribution in [1.29, 1.82) is 0 Å². The third-order valence-electron chi connectivity index (χ3n) is 2.72. The largest absolute Gasteiger partial charge is 0.314 e. The number of hydrogen-bond acceptors (Lipinski definition) is 1. The lowest BCUT2D eigenvalue weighted by Crippen LogP contribution is -2.33. The van der Waals surface area contributed by atoms with Crippen LogP contribution in [0.1, 0.15) is 39.0 Å². The van der Waals surface area contributed by atoms with Crippen LogP contribution < -0.4 is 5.32 Å². The lowest BCUT2D eigenvalue weighted by Gasteiger charge is -2.27. The van der Waals surface area contributed by atoms with Gasteiger partial charge in [-0.25, -0.2) is 0 Å². The van der Waals surface area contributed by atoms with Crippen LogP contribution in [-0.2, 0) is 0 Å². The predicted octanol–water partition coefficient (Wildman–Crippen LogP) is 2.73. The topological polar surface area (TPSA) is 12.0 Å². The van der Waals surface area contributed by atoms with Crippen LogP contribution in [0.15, 0.2) is 12.7 Å². The highest BCUT2D eigenvalue weighted by Gasteiger charge is 2.17. The van der Waals surface area contributed by atoms with Crippen LogP contribution in [0.3, 0.4) is 0 Å². The van der Waals surface area contributed by atoms with E-state index in [1.807, 2.05) is 6.08 Å². The second kappa shape index (κ2) is 5.36. The van der Waals surface area contributed by atoms with Crippen molar-refractivity contribution in [2.75, 3.05) is 6.54 Å². The molecule has 0 aromatic rings. The molecule has 1 N–H and O–H groups in total. The van der Waals surface area contributed by atoms with Gasteiger partial charge in [-0.2, -0.15) is 0 Å². The van der Waals surface area contributed by atoms with Gasteiger partial charge in [0.05, 0.1) is 0 Å². The van der Waals surface area contributed by atoms with Crippen molar-refractivity contribution < 1.29 is 0 Å². The van der Waals surface area contributed by atoms with Gasteiger partial charge >= 0.3 is 0 Å². The second-order valence-corrected chi connectivity index (χ2v) is 4.00. The highest BCUT2D eigenvalue weighted by atomic mass is 14.9. The molecule has 0 aromatic heterocycles. The first-order valence-corrected chi connectivity index (χ1v) is 5.17. The van der Waals surface area contributed by atoms with Gasteiger partial charge < -0.3 is 5.32 Å². The summed E-state index contributed by atoms with van der Waals surface area (Å²) in [5, 5.41) is 3.58. The Hall–Kier alpha value is -0.300. The Bertz CT molecular complexity index is 131. The third-order valence-corrected chi connectivity index (χ3v) is 2.72. The molecule has 2 unspecified atom stereocenters. The quantitative estimate of drug-likeness (QED) is 0.501. The van der Waals surface area contributed by atoms with Crippen molar-refractivity contribution in [3.8, 4) is 0 Å². The summed E-state index contributed by atoms with van der Waals surface area (Å²) in [5.74, 6) is 0.931. The average Bonchev–Trinajstić information content (AvgIpc) is 2.05. The van der Waals surface area contributed by atoms with Crippen molar-refractivity contribution in [3.05, 3.63) is 12.7 Å². The van der Waals surface area contributed by atoms with Gasteiger partial charge in [0.2, 0.25) is 0 Å². The molecule has 70 valence electrons. The fraction of sp³-hybridized carbons (Fsp3) is 0.818. The van der Waals surface area contributed by atoms with E-state index in [2.05, 4.69) is 18.8 Å². The van der Waals surface area contributed by atoms with Gasteiger partial charge in [0.1, 0.15) is 0 Å². The fourth-order valence-electron chi connectivity index (χ4n) is 2.01. The summed E-state index contributed by atoms with van der Waals surface area (Å²) < 4.78 is 0. The highest BCUT2D eigenvalue weighted by Crippen LogP contribution is 2.23. The maximum Gasteiger partial charge on any atom is 0.00697 e. The van der Waals surface area contributed by atoms with Gasteiger partial charge in [0, 0.05) is 6.04 Å². The van der Waals surface area contributed by atoms with Crippen LogP contribution in [0, 0.1) is 5.92 Å². The number of hydrogen-bond donors (Lipinski definition) is 1. The molecule has 1 fully saturated rings. The van der Waals surface area contributed by atoms with Crippen molar-refractivity contribution in [1.82, 2.24) is 5.32 Å². The Labute approximate surface area is 76.2 Å². The standard InChI is InChI=1S/C11H21N/c1-3-4-8-12-11-7-5-6-10(2)9-11/h3,10-12H,1,4-9H2,2H3. The van der Waals surface area contributed by atoms with Crippen LogP contribution in [0.25, 0.3) is 0 Å². The predicted molar refractivity (Wildman–Crippen MR) is 54.2 cm³/mol. The van der Waals surface area contributed by atoms with Gasteiger partial charge in [0.25, 0.3) is 0 Å². The number of nitrogens with one attached hydrogen (secondary N) is 1. The molecule has 0 bridgehead atoms. The van der Waals surface area contributed by atoms with E-state index in [0.717, 1.165) is 24.9 Å². The molecular formula is C11H21N. The maximum absolute atomic E-state index is 3.72. The van der Waals surface area contributed by atoms with Gasteiger partial charge in [-0.15, -0.1) is 6.58 Å². The molecule has 0 spiro atoms. The van der Waals surface area contributed by atoms with Gasteiger partial charge in [0.15, 0.2) is 0 Å². The molecule has 2 atom stereocenters. The van der Waals surface area contributed by atoms with Crippen LogP contribution in [0.5, 0.6) is 0 Å². The summed E-state index contributed by atoms with van der Waals surface area (Å²) in [7, 11) is 0. The van der Waals surface area contributed by atoms with Crippen LogP contribution in [-0.4, -0.2) is 12.6 Å². The summed E-state index contributed by atoms with van der Waals surface area (Å²) in [6.07, 6.45) is 8.68. The zero-order chi connectivity index (χ0) is 8.81. The molecule has 0 radical (unpaired) electrons. The molecule has 0 heterocycles. The lowest BCUT2D eigenvalue weighted by molar-refractivity contribution is 0.303. The average molecular weight is 167 g/mol. The highest BCUT2D eigenvalue weighted by molar-refractivity contribution is 4.77. The van der Waals surface area contributed by atoms with E-state index >= 15 is 0 Å². The summed E-state index contributed by atoms with van der Waals surface area (Å²) in [6, 6.07) is 0.786. The van der Waals surface area contributed by atoms with Crippen molar-refractivity contribution in [2.24, 2.45) is 5.92 Å². The Morgan fingerprint density at radius 3 is 3.00 bits per heavy atom. The molecule has 1 heteroatoms. The molecule has 1 rings (SSSR count). The summed E-state index contributed by atoms with van der Waals surface area (Å²) in [4.78, 5) is 0. The zero-order valence-corrected chi connectivity index (χ0v) is 8.18. The fourth-order valence-corrected chi connectivity index (χ4v) is 2.01. The summed E-state index contributed by atoms with van der Waals surface area (Å²) >= 11 is 0. The van der Waals surface area contributed by atoms with E-state index in [9.17, 15) is 0 Å². The Kier molecular flexibility index (Phi) is 4.37. The van der Waals surface area contributed by atoms with Gasteiger partial charge in [-0.1, -0.05) is 25.8 Å². The normalized spacial score (nSPS) is 30.1. The first kappa shape index (κ1) is 9.79. The minimum atomic E-state index is 0.786. The van der Waals surface area contributed by atoms with E-state index in [4.69, 9.17) is 0 Å². The van der Waals surface area contributed by atoms with E-state index in [-0.39, 0.29) is 0 Å². The molecule has 12 heavy (non-hydrogen) atoms. The maximum atomic E-state index is 3.72. The van der Waals surface area contributed by atoms with E-state index in [1.165, 1.54) is 25.7 Å². The molecule has 1 nitrogen and oxygen atoms in total. The zero-order valence-electron chi connectivity index (χ0n) is 8.18. The van der Waals surface area contributed by atoms with E-state index < -0.39 is 0 Å². The smallest absolute Gasteiger partial charge is 0.00697 e. The molecular weight excluding hydrogens is 146 g/mol. The molecule has 0 aromatic carbocycles. The van der Waals surface area contributed by atoms with Crippen molar-refractivity contribution in [3.63, 3.8) is 0 Å². The molecule has 0 aliphatic heterocycles. The molecule has 0 amide bonds. The molecule has 0 saturated heterocycles. The Morgan fingerprint density at radius 1 is 1.50 bits per heavy atom. The van der Waals surface area contributed by atoms with Crippen LogP contribution in [0.2, 0.25) is 0 Å². The molecule has 1 aliphatic rings. The first-order valence-electron chi connectivity index (χ1n) is 5.17. The summed E-state index contributed by atoms with van der Waals surface area (Å²) in [6.45, 7) is 7.19. The monoisotopic (exact) mass is 167 g/mol. The lowest BCUT2D eigenvalue weighted by atomic mass is 9.87. The number of rotatable bonds is 4. The molecule has 1 saturated carbocycles. The first-order chi connectivity index (χ1) is 5.83. The minimum Gasteiger partial charge on any atom is -0.314 e. The second-order valence-electron chi connectivity index (χ2n) is 4.00. The SMILES string of the molecule is C=CCCNC1CCCC(C)C1. The van der Waals surface area contributed by atoms with Crippen molar-refractivity contribution >= 4 is 0 Å². The minimum absolute atomic E-state index is 0.786. The Balaban J connectivity index is 2.09. The summed E-state index contributed by atoms with van der Waals surface area (Å²) in [5.41, 5.74) is 0. The van der Waals surface area contributed by atoms with Crippen LogP contribution in [0.4, 0.5) is 0 Å². The van der Waals surface area contributed by atoms with E-state index in [1.54, 1.807) is 0 Å². The van der Waals surface area contributed by atoms with Gasteiger partial charge in [-0.3, -0.25) is 0 Å². The van der Waals surface area contributed by atoms with Crippen molar-refractivity contribution in [2.45, 2.75) is 45.1 Å². The Morgan fingerprint density at radius 2 is 2.33 bits per heavy atom. The van der Waals surface area contributed by atoms with Gasteiger partial charge in [-0.05, 0) is 31.7 Å².